The minimum Gasteiger partial charge on any atom is -0.486 e. The number of hydrogen-bond acceptors (Lipinski definition) is 2. The Bertz CT molecular complexity index is 1230. The van der Waals surface area contributed by atoms with E-state index in [2.05, 4.69) is 51.1 Å². The van der Waals surface area contributed by atoms with Gasteiger partial charge in [0.05, 0.1) is 0 Å². The molecule has 0 spiro atoms. The van der Waals surface area contributed by atoms with Crippen molar-refractivity contribution in [1.29, 1.82) is 0 Å². The van der Waals surface area contributed by atoms with E-state index in [1.54, 1.807) is 6.07 Å². The fourth-order valence-corrected chi connectivity index (χ4v) is 4.99. The van der Waals surface area contributed by atoms with E-state index < -0.39 is 5.41 Å². The molecule has 0 aliphatic heterocycles. The molecule has 0 aliphatic carbocycles. The fraction of sp³-hybridized carbons (Fsp3) is 0.424. The van der Waals surface area contributed by atoms with E-state index in [0.717, 1.165) is 46.4 Å². The van der Waals surface area contributed by atoms with Crippen molar-refractivity contribution in [1.82, 2.24) is 0 Å². The zero-order valence-corrected chi connectivity index (χ0v) is 23.2. The van der Waals surface area contributed by atoms with Crippen molar-refractivity contribution >= 4 is 5.78 Å². The number of carbonyl (C=O) groups is 1. The van der Waals surface area contributed by atoms with Gasteiger partial charge < -0.3 is 4.74 Å². The molecule has 3 aromatic carbocycles. The summed E-state index contributed by atoms with van der Waals surface area (Å²) in [6.07, 6.45) is 2.59. The van der Waals surface area contributed by atoms with Crippen LogP contribution >= 0.6 is 0 Å². The molecule has 0 heterocycles. The van der Waals surface area contributed by atoms with Gasteiger partial charge in [-0.3, -0.25) is 4.79 Å². The van der Waals surface area contributed by atoms with E-state index in [0.29, 0.717) is 6.42 Å². The molecule has 0 amide bonds. The zero-order valence-electron chi connectivity index (χ0n) is 23.2. The van der Waals surface area contributed by atoms with E-state index in [9.17, 15) is 9.18 Å². The van der Waals surface area contributed by atoms with Crippen molar-refractivity contribution in [2.45, 2.75) is 80.1 Å². The predicted molar refractivity (Wildman–Crippen MR) is 148 cm³/mol. The minimum atomic E-state index is -0.415. The molecule has 0 fully saturated rings. The van der Waals surface area contributed by atoms with Crippen LogP contribution in [0.3, 0.4) is 0 Å². The third kappa shape index (κ3) is 5.56. The highest BCUT2D eigenvalue weighted by Gasteiger charge is 2.31. The Hall–Kier alpha value is -2.94. The number of ether oxygens (including phenoxy) is 1. The largest absolute Gasteiger partial charge is 0.486 e. The lowest BCUT2D eigenvalue weighted by atomic mass is 9.69. The first-order valence-corrected chi connectivity index (χ1v) is 13.1. The van der Waals surface area contributed by atoms with Gasteiger partial charge in [-0.2, -0.15) is 0 Å². The van der Waals surface area contributed by atoms with Crippen LogP contribution in [0.5, 0.6) is 5.75 Å². The van der Waals surface area contributed by atoms with Crippen LogP contribution in [0.25, 0.3) is 11.1 Å². The lowest BCUT2D eigenvalue weighted by Gasteiger charge is -2.34. The van der Waals surface area contributed by atoms with Gasteiger partial charge in [0.2, 0.25) is 0 Å². The summed E-state index contributed by atoms with van der Waals surface area (Å²) in [6, 6.07) is 18.5. The first kappa shape index (κ1) is 27.6. The van der Waals surface area contributed by atoms with Gasteiger partial charge in [0.25, 0.3) is 0 Å². The summed E-state index contributed by atoms with van der Waals surface area (Å²) in [6.45, 7) is 16.4. The molecule has 0 saturated heterocycles. The Morgan fingerprint density at radius 1 is 0.833 bits per heavy atom. The van der Waals surface area contributed by atoms with Gasteiger partial charge in [-0.25, -0.2) is 4.39 Å². The van der Waals surface area contributed by atoms with E-state index >= 15 is 0 Å². The summed E-state index contributed by atoms with van der Waals surface area (Å²) in [5.74, 6) is 0.695. The van der Waals surface area contributed by atoms with Crippen molar-refractivity contribution < 1.29 is 13.9 Å². The average molecular weight is 489 g/mol. The molecule has 3 rings (SSSR count). The van der Waals surface area contributed by atoms with E-state index in [1.165, 1.54) is 11.1 Å². The Morgan fingerprint density at radius 2 is 1.44 bits per heavy atom. The van der Waals surface area contributed by atoms with Gasteiger partial charge in [0.15, 0.2) is 5.78 Å². The zero-order chi connectivity index (χ0) is 26.7. The summed E-state index contributed by atoms with van der Waals surface area (Å²) in [7, 11) is 0. The van der Waals surface area contributed by atoms with Crippen molar-refractivity contribution in [2.24, 2.45) is 5.41 Å². The summed E-state index contributed by atoms with van der Waals surface area (Å²) in [4.78, 5) is 12.3. The number of halogens is 1. The molecule has 2 nitrogen and oxygen atoms in total. The van der Waals surface area contributed by atoms with E-state index in [4.69, 9.17) is 4.74 Å². The summed E-state index contributed by atoms with van der Waals surface area (Å²) in [5, 5.41) is 0. The Kier molecular flexibility index (Phi) is 8.44. The number of Topliss-reactive ketones (excluding diaryl/α,β-unsaturated/α-hetero) is 1. The normalized spacial score (nSPS) is 12.0. The Morgan fingerprint density at radius 3 is 1.94 bits per heavy atom. The van der Waals surface area contributed by atoms with Crippen molar-refractivity contribution in [2.75, 3.05) is 6.61 Å². The van der Waals surface area contributed by atoms with Crippen molar-refractivity contribution in [3.8, 4) is 16.9 Å². The monoisotopic (exact) mass is 488 g/mol. The van der Waals surface area contributed by atoms with E-state index in [-0.39, 0.29) is 23.6 Å². The first-order valence-electron chi connectivity index (χ1n) is 13.1. The second-order valence-corrected chi connectivity index (χ2v) is 10.9. The smallest absolute Gasteiger partial charge is 0.175 e. The summed E-state index contributed by atoms with van der Waals surface area (Å²) >= 11 is 0. The number of aryl methyl sites for hydroxylation is 3. The van der Waals surface area contributed by atoms with Crippen molar-refractivity contribution in [3.05, 3.63) is 88.2 Å². The first-order chi connectivity index (χ1) is 17.0. The number of rotatable bonds is 9. The molecule has 192 valence electrons. The molecule has 0 saturated carbocycles. The molecular weight excluding hydrogens is 447 g/mol. The molecular formula is C33H41FO2. The standard InChI is InChI=1S/C33H41FO2/c1-9-24-12-13-25(20-29(24)34)28-16-14-26(18-22(28)4)33(10-2,11-3)27-15-17-30(23(5)19-27)36-21-31(35)32(6,7)8/h12-20H,9-11,21H2,1-8H3. The number of ketones is 1. The molecule has 0 bridgehead atoms. The molecule has 3 heteroatoms. The molecule has 0 atom stereocenters. The minimum absolute atomic E-state index is 0.0802. The number of benzene rings is 3. The van der Waals surface area contributed by atoms with Crippen LogP contribution in [0, 0.1) is 25.1 Å². The van der Waals surface area contributed by atoms with Gasteiger partial charge in [-0.15, -0.1) is 0 Å². The molecule has 36 heavy (non-hydrogen) atoms. The van der Waals surface area contributed by atoms with Crippen LogP contribution in [-0.2, 0) is 16.6 Å². The van der Waals surface area contributed by atoms with Gasteiger partial charge in [-0.05, 0) is 84.2 Å². The van der Waals surface area contributed by atoms with Gasteiger partial charge in [0, 0.05) is 10.8 Å². The third-order valence-corrected chi connectivity index (χ3v) is 7.65. The van der Waals surface area contributed by atoms with Gasteiger partial charge in [-0.1, -0.05) is 84.0 Å². The van der Waals surface area contributed by atoms with Gasteiger partial charge in [0.1, 0.15) is 18.2 Å². The van der Waals surface area contributed by atoms with Gasteiger partial charge >= 0.3 is 0 Å². The summed E-state index contributed by atoms with van der Waals surface area (Å²) in [5.41, 5.74) is 6.82. The highest BCUT2D eigenvalue weighted by atomic mass is 19.1. The van der Waals surface area contributed by atoms with Crippen LogP contribution in [-0.4, -0.2) is 12.4 Å². The second kappa shape index (κ2) is 11.0. The number of carbonyl (C=O) groups excluding carboxylic acids is 1. The molecule has 0 N–H and O–H groups in total. The molecule has 0 aliphatic rings. The Labute approximate surface area is 216 Å². The maximum atomic E-state index is 14.5. The lowest BCUT2D eigenvalue weighted by molar-refractivity contribution is -0.128. The SMILES string of the molecule is CCc1ccc(-c2ccc(C(CC)(CC)c3ccc(OCC(=O)C(C)(C)C)c(C)c3)cc2C)cc1F. The average Bonchev–Trinajstić information content (AvgIpc) is 2.84. The van der Waals surface area contributed by atoms with Crippen LogP contribution in [0.2, 0.25) is 0 Å². The third-order valence-electron chi connectivity index (χ3n) is 7.65. The molecule has 3 aromatic rings. The van der Waals surface area contributed by atoms with E-state index in [1.807, 2.05) is 52.8 Å². The Balaban J connectivity index is 1.95. The highest BCUT2D eigenvalue weighted by Crippen LogP contribution is 2.42. The van der Waals surface area contributed by atoms with Crippen LogP contribution in [0.1, 0.15) is 82.2 Å². The highest BCUT2D eigenvalue weighted by molar-refractivity contribution is 5.85. The predicted octanol–water partition coefficient (Wildman–Crippen LogP) is 8.77. The topological polar surface area (TPSA) is 26.3 Å². The molecule has 0 unspecified atom stereocenters. The quantitative estimate of drug-likeness (QED) is 0.301. The molecule has 0 aromatic heterocycles. The molecule has 0 radical (unpaired) electrons. The number of hydrogen-bond donors (Lipinski definition) is 0. The summed E-state index contributed by atoms with van der Waals surface area (Å²) < 4.78 is 20.4. The van der Waals surface area contributed by atoms with Crippen LogP contribution in [0.4, 0.5) is 4.39 Å². The maximum absolute atomic E-state index is 14.5. The fourth-order valence-electron chi connectivity index (χ4n) is 4.99. The van der Waals surface area contributed by atoms with Crippen molar-refractivity contribution in [3.63, 3.8) is 0 Å². The lowest BCUT2D eigenvalue weighted by Crippen LogP contribution is -2.27. The van der Waals surface area contributed by atoms with Crippen LogP contribution in [0.15, 0.2) is 54.6 Å². The second-order valence-electron chi connectivity index (χ2n) is 10.9. The van der Waals surface area contributed by atoms with Crippen LogP contribution < -0.4 is 4.74 Å². The maximum Gasteiger partial charge on any atom is 0.175 e.